The molecule has 0 fully saturated rings. The Morgan fingerprint density at radius 2 is 1.79 bits per heavy atom. The number of para-hydroxylation sites is 1. The average Bonchev–Trinajstić information content (AvgIpc) is 3.36. The van der Waals surface area contributed by atoms with Gasteiger partial charge in [0.25, 0.3) is 15.9 Å². The van der Waals surface area contributed by atoms with Gasteiger partial charge in [0.05, 0.1) is 12.5 Å². The van der Waals surface area contributed by atoms with Crippen LogP contribution in [-0.4, -0.2) is 37.8 Å². The molecule has 34 heavy (non-hydrogen) atoms. The Morgan fingerprint density at radius 3 is 2.50 bits per heavy atom. The third kappa shape index (κ3) is 5.06. The van der Waals surface area contributed by atoms with Crippen molar-refractivity contribution < 1.29 is 22.7 Å². The lowest BCUT2D eigenvalue weighted by atomic mass is 9.92. The summed E-state index contributed by atoms with van der Waals surface area (Å²) in [6, 6.07) is 15.7. The number of aryl methyl sites for hydroxylation is 2. The van der Waals surface area contributed by atoms with Crippen molar-refractivity contribution in [3.63, 3.8) is 0 Å². The van der Waals surface area contributed by atoms with Crippen LogP contribution in [0.25, 0.3) is 0 Å². The summed E-state index contributed by atoms with van der Waals surface area (Å²) in [6.45, 7) is 3.59. The van der Waals surface area contributed by atoms with Crippen molar-refractivity contribution in [2.45, 2.75) is 36.9 Å². The number of fused-ring (bicyclic) bond motifs is 1. The Kier molecular flexibility index (Phi) is 7.16. The van der Waals surface area contributed by atoms with E-state index in [1.165, 1.54) is 4.31 Å². The van der Waals surface area contributed by atoms with E-state index in [9.17, 15) is 18.0 Å². The van der Waals surface area contributed by atoms with Crippen LogP contribution in [0, 0.1) is 13.8 Å². The summed E-state index contributed by atoms with van der Waals surface area (Å²) in [6.07, 6.45) is 0.378. The molecule has 1 N–H and O–H groups in total. The maximum atomic E-state index is 13.3. The minimum Gasteiger partial charge on any atom is -0.456 e. The van der Waals surface area contributed by atoms with E-state index in [2.05, 4.69) is 5.32 Å². The first-order valence-corrected chi connectivity index (χ1v) is 13.2. The van der Waals surface area contributed by atoms with Crippen molar-refractivity contribution in [2.24, 2.45) is 0 Å². The molecule has 0 bridgehead atoms. The van der Waals surface area contributed by atoms with Crippen LogP contribution in [0.5, 0.6) is 0 Å². The van der Waals surface area contributed by atoms with Gasteiger partial charge in [0, 0.05) is 12.2 Å². The first-order chi connectivity index (χ1) is 16.3. The third-order valence-corrected chi connectivity index (χ3v) is 9.17. The lowest BCUT2D eigenvalue weighted by molar-refractivity contribution is -0.148. The number of anilines is 1. The van der Waals surface area contributed by atoms with Crippen molar-refractivity contribution in [3.8, 4) is 0 Å². The first kappa shape index (κ1) is 24.1. The van der Waals surface area contributed by atoms with Crippen LogP contribution in [0.3, 0.4) is 0 Å². The van der Waals surface area contributed by atoms with E-state index in [0.717, 1.165) is 33.6 Å². The Hall–Kier alpha value is -3.01. The van der Waals surface area contributed by atoms with Gasteiger partial charge in [0.1, 0.15) is 4.21 Å². The second-order valence-electron chi connectivity index (χ2n) is 8.19. The largest absolute Gasteiger partial charge is 0.456 e. The number of benzene rings is 2. The molecule has 1 atom stereocenters. The normalized spacial score (nSPS) is 16.0. The monoisotopic (exact) mass is 498 g/mol. The van der Waals surface area contributed by atoms with Crippen LogP contribution < -0.4 is 5.32 Å². The Balaban J connectivity index is 1.48. The number of amides is 1. The number of nitrogens with one attached hydrogen (secondary N) is 1. The van der Waals surface area contributed by atoms with Crippen molar-refractivity contribution >= 4 is 38.9 Å². The summed E-state index contributed by atoms with van der Waals surface area (Å²) in [4.78, 5) is 25.1. The second kappa shape index (κ2) is 10.1. The van der Waals surface area contributed by atoms with E-state index in [1.807, 2.05) is 56.3 Å². The van der Waals surface area contributed by atoms with Gasteiger partial charge in [-0.3, -0.25) is 9.59 Å². The Morgan fingerprint density at radius 1 is 1.06 bits per heavy atom. The van der Waals surface area contributed by atoms with E-state index < -0.39 is 34.5 Å². The molecule has 9 heteroatoms. The Labute approximate surface area is 203 Å². The average molecular weight is 499 g/mol. The van der Waals surface area contributed by atoms with Gasteiger partial charge in [-0.1, -0.05) is 48.5 Å². The molecule has 178 valence electrons. The summed E-state index contributed by atoms with van der Waals surface area (Å²) < 4.78 is 33.5. The molecule has 7 nitrogen and oxygen atoms in total. The van der Waals surface area contributed by atoms with Crippen LogP contribution in [0.1, 0.15) is 34.7 Å². The fraction of sp³-hybridized carbons (Fsp3) is 0.280. The lowest BCUT2D eigenvalue weighted by Crippen LogP contribution is -2.41. The van der Waals surface area contributed by atoms with E-state index in [-0.39, 0.29) is 17.2 Å². The summed E-state index contributed by atoms with van der Waals surface area (Å²) in [7, 11) is -3.77. The second-order valence-corrected chi connectivity index (χ2v) is 11.3. The molecule has 2 heterocycles. The smallest absolute Gasteiger partial charge is 0.308 e. The quantitative estimate of drug-likeness (QED) is 0.492. The number of nitrogens with zero attached hydrogens (tertiary/aromatic N) is 1. The SMILES string of the molecule is Cc1cccc(C)c1NC(=O)COC(=O)CC1c2ccccc2CCN1S(=O)(=O)c1cccs1. The van der Waals surface area contributed by atoms with Crippen molar-refractivity contribution in [1.82, 2.24) is 4.31 Å². The van der Waals surface area contributed by atoms with Gasteiger partial charge >= 0.3 is 5.97 Å². The summed E-state index contributed by atoms with van der Waals surface area (Å²) in [5.74, 6) is -1.08. The van der Waals surface area contributed by atoms with Crippen LogP contribution >= 0.6 is 11.3 Å². The molecule has 0 aliphatic carbocycles. The molecule has 0 radical (unpaired) electrons. The van der Waals surface area contributed by atoms with Crippen LogP contribution in [0.15, 0.2) is 64.2 Å². The number of hydrogen-bond acceptors (Lipinski definition) is 6. The number of thiophene rings is 1. The Bertz CT molecular complexity index is 1280. The summed E-state index contributed by atoms with van der Waals surface area (Å²) in [5, 5.41) is 4.49. The maximum Gasteiger partial charge on any atom is 0.308 e. The van der Waals surface area contributed by atoms with E-state index in [4.69, 9.17) is 4.74 Å². The van der Waals surface area contributed by atoms with Gasteiger partial charge in [0.2, 0.25) is 0 Å². The standard InChI is InChI=1S/C25H26N2O5S2/c1-17-7-5-8-18(2)25(17)26-22(28)16-32-23(29)15-21-20-10-4-3-9-19(20)12-13-27(21)34(30,31)24-11-6-14-33-24/h3-11,14,21H,12-13,15-16H2,1-2H3,(H,26,28). The molecule has 1 unspecified atom stereocenters. The molecule has 2 aromatic carbocycles. The number of hydrogen-bond donors (Lipinski definition) is 1. The number of esters is 1. The molecule has 1 amide bonds. The maximum absolute atomic E-state index is 13.3. The lowest BCUT2D eigenvalue weighted by Gasteiger charge is -2.35. The van der Waals surface area contributed by atoms with Crippen molar-refractivity contribution in [3.05, 3.63) is 82.2 Å². The van der Waals surface area contributed by atoms with E-state index >= 15 is 0 Å². The molecule has 0 saturated heterocycles. The number of ether oxygens (including phenoxy) is 1. The molecule has 1 aliphatic rings. The zero-order chi connectivity index (χ0) is 24.3. The third-order valence-electron chi connectivity index (χ3n) is 5.89. The van der Waals surface area contributed by atoms with Gasteiger partial charge in [-0.15, -0.1) is 11.3 Å². The fourth-order valence-corrected chi connectivity index (χ4v) is 6.93. The molecule has 4 rings (SSSR count). The van der Waals surface area contributed by atoms with Gasteiger partial charge in [-0.25, -0.2) is 8.42 Å². The van der Waals surface area contributed by atoms with Gasteiger partial charge in [-0.2, -0.15) is 4.31 Å². The van der Waals surface area contributed by atoms with E-state index in [1.54, 1.807) is 17.5 Å². The highest BCUT2D eigenvalue weighted by Gasteiger charge is 2.38. The van der Waals surface area contributed by atoms with Gasteiger partial charge < -0.3 is 10.1 Å². The molecule has 0 spiro atoms. The van der Waals surface area contributed by atoms with Gasteiger partial charge in [0.15, 0.2) is 6.61 Å². The minimum atomic E-state index is -3.77. The molecule has 0 saturated carbocycles. The molecule has 1 aliphatic heterocycles. The van der Waals surface area contributed by atoms with Crippen LogP contribution in [-0.2, 0) is 30.8 Å². The predicted molar refractivity (Wildman–Crippen MR) is 131 cm³/mol. The number of carbonyl (C=O) groups excluding carboxylic acids is 2. The highest BCUT2D eigenvalue weighted by molar-refractivity contribution is 7.91. The minimum absolute atomic E-state index is 0.182. The fourth-order valence-electron chi connectivity index (χ4n) is 4.20. The topological polar surface area (TPSA) is 92.8 Å². The van der Waals surface area contributed by atoms with Crippen LogP contribution in [0.2, 0.25) is 0 Å². The van der Waals surface area contributed by atoms with Crippen molar-refractivity contribution in [2.75, 3.05) is 18.5 Å². The first-order valence-electron chi connectivity index (χ1n) is 10.9. The van der Waals surface area contributed by atoms with Gasteiger partial charge in [-0.05, 0) is 54.0 Å². The highest BCUT2D eigenvalue weighted by atomic mass is 32.2. The zero-order valence-electron chi connectivity index (χ0n) is 19.0. The summed E-state index contributed by atoms with van der Waals surface area (Å²) in [5.41, 5.74) is 4.30. The zero-order valence-corrected chi connectivity index (χ0v) is 20.6. The van der Waals surface area contributed by atoms with Crippen molar-refractivity contribution in [1.29, 1.82) is 0 Å². The summed E-state index contributed by atoms with van der Waals surface area (Å²) >= 11 is 1.14. The molecular formula is C25H26N2O5S2. The number of sulfonamides is 1. The number of carbonyl (C=O) groups is 2. The predicted octanol–water partition coefficient (Wildman–Crippen LogP) is 4.23. The van der Waals surface area contributed by atoms with E-state index in [0.29, 0.717) is 12.1 Å². The number of rotatable bonds is 7. The molecular weight excluding hydrogens is 472 g/mol. The molecule has 1 aromatic heterocycles. The highest BCUT2D eigenvalue weighted by Crippen LogP contribution is 2.37. The molecule has 3 aromatic rings. The van der Waals surface area contributed by atoms with Crippen LogP contribution in [0.4, 0.5) is 5.69 Å².